The number of hydrogen-bond acceptors (Lipinski definition) is 3. The van der Waals surface area contributed by atoms with E-state index in [2.05, 4.69) is 4.74 Å². The Morgan fingerprint density at radius 1 is 1.15 bits per heavy atom. The average Bonchev–Trinajstić information content (AvgIpc) is 2.29. The van der Waals surface area contributed by atoms with Gasteiger partial charge in [0.15, 0.2) is 0 Å². The van der Waals surface area contributed by atoms with Crippen LogP contribution >= 0.6 is 0 Å². The zero-order chi connectivity index (χ0) is 15.3. The van der Waals surface area contributed by atoms with E-state index in [4.69, 9.17) is 0 Å². The molecule has 110 valence electrons. The number of anilines is 1. The summed E-state index contributed by atoms with van der Waals surface area (Å²) in [7, 11) is 0. The normalized spacial score (nSPS) is 11.1. The third-order valence-corrected chi connectivity index (χ3v) is 1.84. The SMILES string of the molecule is O=C(NC(=O)C(F)(F)F)Nc1ccccc1OC(F)F. The maximum atomic E-state index is 12.1. The first-order valence-electron chi connectivity index (χ1n) is 4.93. The molecule has 1 aromatic carbocycles. The number of para-hydroxylation sites is 2. The van der Waals surface area contributed by atoms with Crippen molar-refractivity contribution >= 4 is 17.6 Å². The van der Waals surface area contributed by atoms with Crippen LogP contribution in [0.1, 0.15) is 0 Å². The smallest absolute Gasteiger partial charge is 0.433 e. The Hall–Kier alpha value is -2.39. The summed E-state index contributed by atoms with van der Waals surface area (Å²) in [4.78, 5) is 21.6. The quantitative estimate of drug-likeness (QED) is 0.842. The number of nitrogens with one attached hydrogen (secondary N) is 2. The summed E-state index contributed by atoms with van der Waals surface area (Å²) in [6.45, 7) is -3.18. The van der Waals surface area contributed by atoms with Crippen molar-refractivity contribution in [2.75, 3.05) is 5.32 Å². The molecule has 1 aromatic rings. The van der Waals surface area contributed by atoms with E-state index in [0.29, 0.717) is 0 Å². The minimum Gasteiger partial charge on any atom is -0.433 e. The van der Waals surface area contributed by atoms with Crippen molar-refractivity contribution in [1.29, 1.82) is 0 Å². The summed E-state index contributed by atoms with van der Waals surface area (Å²) >= 11 is 0. The van der Waals surface area contributed by atoms with Gasteiger partial charge in [-0.05, 0) is 12.1 Å². The number of ether oxygens (including phenoxy) is 1. The van der Waals surface area contributed by atoms with Crippen LogP contribution in [0.2, 0.25) is 0 Å². The van der Waals surface area contributed by atoms with Gasteiger partial charge >= 0.3 is 24.7 Å². The molecule has 10 heteroatoms. The number of carbonyl (C=O) groups is 2. The van der Waals surface area contributed by atoms with E-state index in [1.54, 1.807) is 5.32 Å². The number of imide groups is 1. The Morgan fingerprint density at radius 3 is 2.30 bits per heavy atom. The maximum Gasteiger partial charge on any atom is 0.471 e. The number of hydrogen-bond donors (Lipinski definition) is 2. The Kier molecular flexibility index (Phi) is 4.83. The Labute approximate surface area is 108 Å². The van der Waals surface area contributed by atoms with Crippen LogP contribution in [0.15, 0.2) is 24.3 Å². The molecule has 0 bridgehead atoms. The van der Waals surface area contributed by atoms with Crippen LogP contribution in [-0.4, -0.2) is 24.7 Å². The second kappa shape index (κ2) is 6.17. The first-order chi connectivity index (χ1) is 9.20. The van der Waals surface area contributed by atoms with E-state index in [0.717, 1.165) is 17.4 Å². The van der Waals surface area contributed by atoms with Gasteiger partial charge in [0.05, 0.1) is 5.69 Å². The van der Waals surface area contributed by atoms with Gasteiger partial charge in [-0.2, -0.15) is 22.0 Å². The molecule has 0 aliphatic heterocycles. The van der Waals surface area contributed by atoms with Gasteiger partial charge in [-0.15, -0.1) is 0 Å². The maximum absolute atomic E-state index is 12.1. The molecule has 0 radical (unpaired) electrons. The second-order valence-corrected chi connectivity index (χ2v) is 3.28. The Morgan fingerprint density at radius 2 is 1.75 bits per heavy atom. The lowest BCUT2D eigenvalue weighted by Gasteiger charge is -2.12. The van der Waals surface area contributed by atoms with Crippen LogP contribution in [0.3, 0.4) is 0 Å². The van der Waals surface area contributed by atoms with Gasteiger partial charge < -0.3 is 10.1 Å². The third kappa shape index (κ3) is 4.71. The zero-order valence-electron chi connectivity index (χ0n) is 9.50. The molecule has 0 aromatic heterocycles. The van der Waals surface area contributed by atoms with E-state index < -0.39 is 30.5 Å². The predicted octanol–water partition coefficient (Wildman–Crippen LogP) is 2.50. The zero-order valence-corrected chi connectivity index (χ0v) is 9.50. The van der Waals surface area contributed by atoms with Gasteiger partial charge in [0.2, 0.25) is 0 Å². The fourth-order valence-electron chi connectivity index (χ4n) is 1.10. The summed E-state index contributed by atoms with van der Waals surface area (Å²) in [5.41, 5.74) is -0.319. The fraction of sp³-hybridized carbons (Fsp3) is 0.200. The molecule has 0 aliphatic rings. The first-order valence-corrected chi connectivity index (χ1v) is 4.93. The molecule has 0 heterocycles. The summed E-state index contributed by atoms with van der Waals surface area (Å²) in [6.07, 6.45) is -5.24. The lowest BCUT2D eigenvalue weighted by Crippen LogP contribution is -2.42. The number of benzene rings is 1. The minimum atomic E-state index is -5.24. The molecule has 2 N–H and O–H groups in total. The summed E-state index contributed by atoms with van der Waals surface area (Å²) in [6, 6.07) is 3.27. The van der Waals surface area contributed by atoms with Crippen molar-refractivity contribution < 1.29 is 36.3 Å². The molecule has 20 heavy (non-hydrogen) atoms. The second-order valence-electron chi connectivity index (χ2n) is 3.28. The highest BCUT2D eigenvalue weighted by molar-refractivity contribution is 6.03. The van der Waals surface area contributed by atoms with E-state index in [1.165, 1.54) is 12.1 Å². The molecule has 0 unspecified atom stereocenters. The van der Waals surface area contributed by atoms with Crippen molar-refractivity contribution in [2.45, 2.75) is 12.8 Å². The molecule has 0 saturated carbocycles. The molecular formula is C10H7F5N2O3. The van der Waals surface area contributed by atoms with Gasteiger partial charge in [-0.3, -0.25) is 10.1 Å². The van der Waals surface area contributed by atoms with E-state index >= 15 is 0 Å². The predicted molar refractivity (Wildman–Crippen MR) is 56.3 cm³/mol. The molecule has 0 fully saturated rings. The van der Waals surface area contributed by atoms with Crippen LogP contribution in [0, 0.1) is 0 Å². The number of rotatable bonds is 3. The number of amides is 3. The standard InChI is InChI=1S/C10H7F5N2O3/c11-8(12)20-6-4-2-1-3-5(6)16-9(19)17-7(18)10(13,14)15/h1-4,8H,(H2,16,17,18,19). The first kappa shape index (κ1) is 15.7. The lowest BCUT2D eigenvalue weighted by molar-refractivity contribution is -0.172. The van der Waals surface area contributed by atoms with Crippen LogP contribution in [-0.2, 0) is 4.79 Å². The summed E-state index contributed by atoms with van der Waals surface area (Å²) < 4.78 is 63.8. The van der Waals surface area contributed by atoms with Crippen molar-refractivity contribution in [1.82, 2.24) is 5.32 Å². The number of urea groups is 1. The van der Waals surface area contributed by atoms with Gasteiger partial charge in [-0.25, -0.2) is 4.79 Å². The molecule has 0 saturated heterocycles. The largest absolute Gasteiger partial charge is 0.471 e. The minimum absolute atomic E-state index is 0.319. The summed E-state index contributed by atoms with van der Waals surface area (Å²) in [5, 5.41) is 2.78. The lowest BCUT2D eigenvalue weighted by atomic mass is 10.3. The van der Waals surface area contributed by atoms with Gasteiger partial charge in [0, 0.05) is 0 Å². The molecule has 0 spiro atoms. The van der Waals surface area contributed by atoms with E-state index in [9.17, 15) is 31.5 Å². The van der Waals surface area contributed by atoms with Crippen LogP contribution < -0.4 is 15.4 Å². The molecule has 0 atom stereocenters. The van der Waals surface area contributed by atoms with Crippen LogP contribution in [0.5, 0.6) is 5.75 Å². The van der Waals surface area contributed by atoms with Gasteiger partial charge in [0.25, 0.3) is 0 Å². The van der Waals surface area contributed by atoms with Gasteiger partial charge in [-0.1, -0.05) is 12.1 Å². The van der Waals surface area contributed by atoms with Crippen molar-refractivity contribution in [3.63, 3.8) is 0 Å². The number of carbonyl (C=O) groups excluding carboxylic acids is 2. The Balaban J connectivity index is 2.74. The van der Waals surface area contributed by atoms with Crippen LogP contribution in [0.4, 0.5) is 32.4 Å². The van der Waals surface area contributed by atoms with Crippen LogP contribution in [0.25, 0.3) is 0 Å². The molecular weight excluding hydrogens is 291 g/mol. The highest BCUT2D eigenvalue weighted by atomic mass is 19.4. The molecule has 3 amide bonds. The monoisotopic (exact) mass is 298 g/mol. The average molecular weight is 298 g/mol. The summed E-state index contributed by atoms with van der Waals surface area (Å²) in [5.74, 6) is -2.95. The Bertz CT molecular complexity index is 504. The van der Waals surface area contributed by atoms with Crippen molar-refractivity contribution in [3.05, 3.63) is 24.3 Å². The molecule has 0 aliphatic carbocycles. The van der Waals surface area contributed by atoms with Crippen molar-refractivity contribution in [2.24, 2.45) is 0 Å². The highest BCUT2D eigenvalue weighted by Crippen LogP contribution is 2.25. The van der Waals surface area contributed by atoms with E-state index in [-0.39, 0.29) is 5.69 Å². The highest BCUT2D eigenvalue weighted by Gasteiger charge is 2.39. The third-order valence-electron chi connectivity index (χ3n) is 1.84. The molecule has 1 rings (SSSR count). The number of alkyl halides is 5. The topological polar surface area (TPSA) is 67.4 Å². The molecule has 5 nitrogen and oxygen atoms in total. The van der Waals surface area contributed by atoms with Gasteiger partial charge in [0.1, 0.15) is 5.75 Å². The van der Waals surface area contributed by atoms with E-state index in [1.807, 2.05) is 0 Å². The fourth-order valence-corrected chi connectivity index (χ4v) is 1.10. The van der Waals surface area contributed by atoms with Crippen molar-refractivity contribution in [3.8, 4) is 5.75 Å². The number of halogens is 5.